The van der Waals surface area contributed by atoms with Gasteiger partial charge in [-0.05, 0) is 25.8 Å². The van der Waals surface area contributed by atoms with Crippen LogP contribution in [0.4, 0.5) is 0 Å². The van der Waals surface area contributed by atoms with Gasteiger partial charge in [0, 0.05) is 23.5 Å². The standard InChI is InChI=1S/C12H18BrNO/c1-8(2)7-14-9(3)5-11(10(14)4)12(15)6-13/h5,8H,6-7H2,1-4H3. The zero-order chi connectivity index (χ0) is 11.6. The number of hydrogen-bond acceptors (Lipinski definition) is 1. The molecule has 0 fully saturated rings. The maximum Gasteiger partial charge on any atom is 0.175 e. The molecule has 0 aromatic carbocycles. The third kappa shape index (κ3) is 2.71. The topological polar surface area (TPSA) is 22.0 Å². The van der Waals surface area contributed by atoms with Gasteiger partial charge in [-0.3, -0.25) is 4.79 Å². The molecule has 1 aromatic rings. The highest BCUT2D eigenvalue weighted by Crippen LogP contribution is 2.18. The fourth-order valence-electron chi connectivity index (χ4n) is 1.80. The number of carbonyl (C=O) groups is 1. The normalized spacial score (nSPS) is 11.1. The lowest BCUT2D eigenvalue weighted by Gasteiger charge is -2.12. The Hall–Kier alpha value is -0.570. The summed E-state index contributed by atoms with van der Waals surface area (Å²) in [6.45, 7) is 9.43. The second-order valence-electron chi connectivity index (χ2n) is 4.35. The lowest BCUT2D eigenvalue weighted by atomic mass is 10.2. The van der Waals surface area contributed by atoms with Gasteiger partial charge in [0.2, 0.25) is 0 Å². The summed E-state index contributed by atoms with van der Waals surface area (Å²) in [7, 11) is 0. The Morgan fingerprint density at radius 3 is 2.53 bits per heavy atom. The van der Waals surface area contributed by atoms with Crippen molar-refractivity contribution in [1.29, 1.82) is 0 Å². The highest BCUT2D eigenvalue weighted by molar-refractivity contribution is 9.09. The van der Waals surface area contributed by atoms with E-state index in [0.29, 0.717) is 11.2 Å². The molecule has 0 aliphatic heterocycles. The first-order chi connectivity index (χ1) is 6.97. The molecular weight excluding hydrogens is 254 g/mol. The second-order valence-corrected chi connectivity index (χ2v) is 4.91. The molecule has 0 radical (unpaired) electrons. The van der Waals surface area contributed by atoms with Crippen LogP contribution in [0, 0.1) is 19.8 Å². The van der Waals surface area contributed by atoms with Gasteiger partial charge in [-0.15, -0.1) is 0 Å². The van der Waals surface area contributed by atoms with E-state index in [1.807, 2.05) is 13.0 Å². The number of alkyl halides is 1. The lowest BCUT2D eigenvalue weighted by molar-refractivity contribution is 0.102. The first-order valence-electron chi connectivity index (χ1n) is 5.23. The molecule has 0 saturated heterocycles. The molecule has 84 valence electrons. The van der Waals surface area contributed by atoms with Gasteiger partial charge < -0.3 is 4.57 Å². The van der Waals surface area contributed by atoms with E-state index in [2.05, 4.69) is 41.3 Å². The average Bonchev–Trinajstić information content (AvgIpc) is 2.44. The Labute approximate surface area is 99.8 Å². The van der Waals surface area contributed by atoms with E-state index in [0.717, 1.165) is 17.8 Å². The molecule has 0 unspecified atom stereocenters. The zero-order valence-corrected chi connectivity index (χ0v) is 11.4. The van der Waals surface area contributed by atoms with Crippen LogP contribution in [0.5, 0.6) is 0 Å². The number of carbonyl (C=O) groups excluding carboxylic acids is 1. The second kappa shape index (κ2) is 4.97. The van der Waals surface area contributed by atoms with E-state index in [-0.39, 0.29) is 5.78 Å². The molecule has 15 heavy (non-hydrogen) atoms. The minimum absolute atomic E-state index is 0.165. The summed E-state index contributed by atoms with van der Waals surface area (Å²) < 4.78 is 2.22. The SMILES string of the molecule is Cc1cc(C(=O)CBr)c(C)n1CC(C)C. The highest BCUT2D eigenvalue weighted by Gasteiger charge is 2.14. The van der Waals surface area contributed by atoms with Crippen LogP contribution in [0.3, 0.4) is 0 Å². The Morgan fingerprint density at radius 2 is 2.07 bits per heavy atom. The van der Waals surface area contributed by atoms with Crippen molar-refractivity contribution in [3.63, 3.8) is 0 Å². The minimum Gasteiger partial charge on any atom is -0.348 e. The van der Waals surface area contributed by atoms with Crippen LogP contribution in [-0.4, -0.2) is 15.7 Å². The molecule has 0 aliphatic carbocycles. The number of halogens is 1. The highest BCUT2D eigenvalue weighted by atomic mass is 79.9. The van der Waals surface area contributed by atoms with E-state index in [1.165, 1.54) is 5.69 Å². The molecule has 0 spiro atoms. The van der Waals surface area contributed by atoms with Crippen molar-refractivity contribution in [1.82, 2.24) is 4.57 Å². The summed E-state index contributed by atoms with van der Waals surface area (Å²) in [5.74, 6) is 0.764. The van der Waals surface area contributed by atoms with Gasteiger partial charge in [0.05, 0.1) is 5.33 Å². The molecule has 0 amide bonds. The summed E-state index contributed by atoms with van der Waals surface area (Å²) >= 11 is 3.21. The molecule has 0 atom stereocenters. The van der Waals surface area contributed by atoms with Crippen LogP contribution in [0.1, 0.15) is 35.6 Å². The number of aryl methyl sites for hydroxylation is 1. The predicted octanol–water partition coefficient (Wildman–Crippen LogP) is 3.34. The quantitative estimate of drug-likeness (QED) is 0.608. The van der Waals surface area contributed by atoms with Gasteiger partial charge in [0.25, 0.3) is 0 Å². The van der Waals surface area contributed by atoms with Gasteiger partial charge in [-0.2, -0.15) is 0 Å². The van der Waals surface area contributed by atoms with E-state index in [4.69, 9.17) is 0 Å². The number of ketones is 1. The van der Waals surface area contributed by atoms with Crippen LogP contribution < -0.4 is 0 Å². The lowest BCUT2D eigenvalue weighted by Crippen LogP contribution is -2.09. The molecule has 1 heterocycles. The van der Waals surface area contributed by atoms with Gasteiger partial charge in [-0.25, -0.2) is 0 Å². The maximum atomic E-state index is 11.6. The Balaban J connectivity index is 3.08. The molecule has 3 heteroatoms. The molecular formula is C12H18BrNO. The maximum absolute atomic E-state index is 11.6. The van der Waals surface area contributed by atoms with Crippen molar-refractivity contribution in [3.8, 4) is 0 Å². The van der Waals surface area contributed by atoms with Crippen LogP contribution >= 0.6 is 15.9 Å². The number of nitrogens with zero attached hydrogens (tertiary/aromatic N) is 1. The fourth-order valence-corrected chi connectivity index (χ4v) is 2.10. The zero-order valence-electron chi connectivity index (χ0n) is 9.80. The van der Waals surface area contributed by atoms with Crippen LogP contribution in [0.25, 0.3) is 0 Å². The largest absolute Gasteiger partial charge is 0.348 e. The minimum atomic E-state index is 0.165. The Kier molecular flexibility index (Phi) is 4.14. The first kappa shape index (κ1) is 12.5. The molecule has 0 bridgehead atoms. The van der Waals surface area contributed by atoms with Crippen molar-refractivity contribution in [2.24, 2.45) is 5.92 Å². The Morgan fingerprint density at radius 1 is 1.47 bits per heavy atom. The summed E-state index contributed by atoms with van der Waals surface area (Å²) in [5, 5.41) is 0.402. The molecule has 0 aliphatic rings. The molecule has 2 nitrogen and oxygen atoms in total. The van der Waals surface area contributed by atoms with Crippen molar-refractivity contribution >= 4 is 21.7 Å². The van der Waals surface area contributed by atoms with Gasteiger partial charge >= 0.3 is 0 Å². The van der Waals surface area contributed by atoms with Gasteiger partial charge in [0.1, 0.15) is 0 Å². The Bertz CT molecular complexity index is 366. The van der Waals surface area contributed by atoms with E-state index < -0.39 is 0 Å². The third-order valence-electron chi connectivity index (χ3n) is 2.54. The van der Waals surface area contributed by atoms with E-state index in [9.17, 15) is 4.79 Å². The van der Waals surface area contributed by atoms with Gasteiger partial charge in [-0.1, -0.05) is 29.8 Å². The van der Waals surface area contributed by atoms with Crippen molar-refractivity contribution in [3.05, 3.63) is 23.0 Å². The number of aromatic nitrogens is 1. The molecule has 0 N–H and O–H groups in total. The number of Topliss-reactive ketones (excluding diaryl/α,β-unsaturated/α-hetero) is 1. The van der Waals surface area contributed by atoms with Crippen molar-refractivity contribution < 1.29 is 4.79 Å². The average molecular weight is 272 g/mol. The monoisotopic (exact) mass is 271 g/mol. The van der Waals surface area contributed by atoms with Gasteiger partial charge in [0.15, 0.2) is 5.78 Å². The smallest absolute Gasteiger partial charge is 0.175 e. The summed E-state index contributed by atoms with van der Waals surface area (Å²) in [6, 6.07) is 1.99. The number of rotatable bonds is 4. The van der Waals surface area contributed by atoms with E-state index in [1.54, 1.807) is 0 Å². The number of hydrogen-bond donors (Lipinski definition) is 0. The molecule has 1 rings (SSSR count). The third-order valence-corrected chi connectivity index (χ3v) is 3.05. The molecule has 0 saturated carbocycles. The summed E-state index contributed by atoms with van der Waals surface area (Å²) in [6.07, 6.45) is 0. The summed E-state index contributed by atoms with van der Waals surface area (Å²) in [5.41, 5.74) is 3.11. The summed E-state index contributed by atoms with van der Waals surface area (Å²) in [4.78, 5) is 11.6. The van der Waals surface area contributed by atoms with Crippen LogP contribution in [0.2, 0.25) is 0 Å². The van der Waals surface area contributed by atoms with Crippen molar-refractivity contribution in [2.45, 2.75) is 34.2 Å². The van der Waals surface area contributed by atoms with E-state index >= 15 is 0 Å². The van der Waals surface area contributed by atoms with Crippen LogP contribution in [0.15, 0.2) is 6.07 Å². The van der Waals surface area contributed by atoms with Crippen molar-refractivity contribution in [2.75, 3.05) is 5.33 Å². The predicted molar refractivity (Wildman–Crippen MR) is 66.9 cm³/mol. The fraction of sp³-hybridized carbons (Fsp3) is 0.583. The van der Waals surface area contributed by atoms with Crippen LogP contribution in [-0.2, 0) is 6.54 Å². The first-order valence-corrected chi connectivity index (χ1v) is 6.35. The molecule has 1 aromatic heterocycles.